The van der Waals surface area contributed by atoms with Crippen LogP contribution < -0.4 is 5.32 Å². The molecular formula is C23H23N3O7S. The molecule has 0 atom stereocenters. The van der Waals surface area contributed by atoms with Crippen LogP contribution in [0.5, 0.6) is 0 Å². The molecule has 11 heteroatoms. The zero-order valence-electron chi connectivity index (χ0n) is 18.6. The molecule has 178 valence electrons. The van der Waals surface area contributed by atoms with E-state index in [-0.39, 0.29) is 59.1 Å². The average molecular weight is 486 g/mol. The number of nitrogens with one attached hydrogen (secondary N) is 1. The Hall–Kier alpha value is -3.75. The standard InChI is InChI=1S/C23H23N3O7S/c1-32-22(28)17-11-18(23(29)33-2)13-19(12-17)25-21(27)15-7-9-26(10-8-15)34(30,31)20-6-4-3-5-16(20)14-24/h3-6,11-13,15H,7-10H2,1-2H3,(H,25,27). The Balaban J connectivity index is 1.72. The molecule has 1 saturated heterocycles. The number of esters is 2. The zero-order chi connectivity index (χ0) is 24.9. The van der Waals surface area contributed by atoms with Gasteiger partial charge in [0.1, 0.15) is 6.07 Å². The first-order valence-electron chi connectivity index (χ1n) is 10.3. The van der Waals surface area contributed by atoms with Crippen LogP contribution >= 0.6 is 0 Å². The van der Waals surface area contributed by atoms with Crippen LogP contribution in [0, 0.1) is 17.2 Å². The number of nitrogens with zero attached hydrogens (tertiary/aromatic N) is 2. The molecule has 0 bridgehead atoms. The number of sulfonamides is 1. The molecule has 2 aromatic carbocycles. The number of nitriles is 1. The van der Waals surface area contributed by atoms with Gasteiger partial charge in [-0.3, -0.25) is 4.79 Å². The van der Waals surface area contributed by atoms with Crippen molar-refractivity contribution in [3.8, 4) is 6.07 Å². The van der Waals surface area contributed by atoms with Gasteiger partial charge in [0.15, 0.2) is 0 Å². The van der Waals surface area contributed by atoms with Crippen LogP contribution in [0.3, 0.4) is 0 Å². The Bertz CT molecular complexity index is 1230. The summed E-state index contributed by atoms with van der Waals surface area (Å²) in [4.78, 5) is 36.7. The molecule has 1 aliphatic rings. The van der Waals surface area contributed by atoms with Crippen LogP contribution in [0.4, 0.5) is 5.69 Å². The topological polar surface area (TPSA) is 143 Å². The molecule has 34 heavy (non-hydrogen) atoms. The molecule has 1 heterocycles. The first-order valence-corrected chi connectivity index (χ1v) is 11.8. The third-order valence-corrected chi connectivity index (χ3v) is 7.45. The highest BCUT2D eigenvalue weighted by molar-refractivity contribution is 7.89. The fourth-order valence-electron chi connectivity index (χ4n) is 3.70. The van der Waals surface area contributed by atoms with Crippen LogP contribution in [0.25, 0.3) is 0 Å². The third kappa shape index (κ3) is 5.24. The highest BCUT2D eigenvalue weighted by Crippen LogP contribution is 2.27. The summed E-state index contributed by atoms with van der Waals surface area (Å²) < 4.78 is 36.6. The van der Waals surface area contributed by atoms with E-state index in [4.69, 9.17) is 9.47 Å². The highest BCUT2D eigenvalue weighted by Gasteiger charge is 2.33. The summed E-state index contributed by atoms with van der Waals surface area (Å²) in [7, 11) is -1.48. The lowest BCUT2D eigenvalue weighted by Crippen LogP contribution is -2.41. The van der Waals surface area contributed by atoms with Crippen molar-refractivity contribution < 1.29 is 32.3 Å². The second-order valence-corrected chi connectivity index (χ2v) is 9.46. The molecule has 0 aromatic heterocycles. The SMILES string of the molecule is COC(=O)c1cc(NC(=O)C2CCN(S(=O)(=O)c3ccccc3C#N)CC2)cc(C(=O)OC)c1. The number of rotatable bonds is 6. The van der Waals surface area contributed by atoms with Gasteiger partial charge in [0, 0.05) is 24.7 Å². The van der Waals surface area contributed by atoms with Gasteiger partial charge in [0.05, 0.1) is 35.8 Å². The van der Waals surface area contributed by atoms with Gasteiger partial charge in [0.25, 0.3) is 0 Å². The van der Waals surface area contributed by atoms with Crippen molar-refractivity contribution in [1.29, 1.82) is 5.26 Å². The van der Waals surface area contributed by atoms with E-state index in [1.165, 1.54) is 48.9 Å². The first kappa shape index (κ1) is 24.9. The number of benzene rings is 2. The molecule has 1 N–H and O–H groups in total. The molecule has 1 fully saturated rings. The van der Waals surface area contributed by atoms with Gasteiger partial charge in [-0.2, -0.15) is 9.57 Å². The Labute approximate surface area is 197 Å². The molecule has 0 spiro atoms. The number of piperidine rings is 1. The Kier molecular flexibility index (Phi) is 7.65. The average Bonchev–Trinajstić information content (AvgIpc) is 2.87. The monoisotopic (exact) mass is 485 g/mol. The van der Waals surface area contributed by atoms with Gasteiger partial charge >= 0.3 is 11.9 Å². The maximum atomic E-state index is 13.0. The predicted octanol–water partition coefficient (Wildman–Crippen LogP) is 2.17. The second-order valence-electron chi connectivity index (χ2n) is 7.56. The van der Waals surface area contributed by atoms with E-state index in [2.05, 4.69) is 5.32 Å². The molecule has 3 rings (SSSR count). The lowest BCUT2D eigenvalue weighted by Gasteiger charge is -2.30. The van der Waals surface area contributed by atoms with Gasteiger partial charge in [-0.05, 0) is 43.2 Å². The van der Waals surface area contributed by atoms with Gasteiger partial charge in [-0.25, -0.2) is 18.0 Å². The number of ether oxygens (including phenoxy) is 2. The third-order valence-electron chi connectivity index (χ3n) is 5.49. The summed E-state index contributed by atoms with van der Waals surface area (Å²) >= 11 is 0. The number of hydrogen-bond acceptors (Lipinski definition) is 8. The number of methoxy groups -OCH3 is 2. The van der Waals surface area contributed by atoms with Crippen molar-refractivity contribution in [3.05, 3.63) is 59.2 Å². The predicted molar refractivity (Wildman–Crippen MR) is 120 cm³/mol. The minimum atomic E-state index is -3.87. The van der Waals surface area contributed by atoms with E-state index in [1.807, 2.05) is 6.07 Å². The first-order chi connectivity index (χ1) is 16.2. The van der Waals surface area contributed by atoms with E-state index < -0.39 is 27.9 Å². The van der Waals surface area contributed by atoms with Crippen molar-refractivity contribution in [2.75, 3.05) is 32.6 Å². The molecule has 10 nitrogen and oxygen atoms in total. The molecule has 2 aromatic rings. The van der Waals surface area contributed by atoms with Gasteiger partial charge in [-0.1, -0.05) is 12.1 Å². The lowest BCUT2D eigenvalue weighted by molar-refractivity contribution is -0.120. The van der Waals surface area contributed by atoms with Crippen LogP contribution in [0.15, 0.2) is 47.4 Å². The molecule has 1 aliphatic heterocycles. The molecule has 0 unspecified atom stereocenters. The summed E-state index contributed by atoms with van der Waals surface area (Å²) in [5, 5.41) is 11.9. The Morgan fingerprint density at radius 2 is 1.56 bits per heavy atom. The number of anilines is 1. The van der Waals surface area contributed by atoms with E-state index >= 15 is 0 Å². The molecular weight excluding hydrogens is 462 g/mol. The number of carbonyl (C=O) groups is 3. The van der Waals surface area contributed by atoms with Crippen LogP contribution in [0.2, 0.25) is 0 Å². The molecule has 0 radical (unpaired) electrons. The molecule has 0 saturated carbocycles. The maximum absolute atomic E-state index is 13.0. The highest BCUT2D eigenvalue weighted by atomic mass is 32.2. The number of hydrogen-bond donors (Lipinski definition) is 1. The van der Waals surface area contributed by atoms with Crippen LogP contribution in [-0.4, -0.2) is 57.9 Å². The van der Waals surface area contributed by atoms with Crippen LogP contribution in [0.1, 0.15) is 39.1 Å². The summed E-state index contributed by atoms with van der Waals surface area (Å²) in [5.41, 5.74) is 0.413. The molecule has 0 aliphatic carbocycles. The van der Waals surface area contributed by atoms with Gasteiger partial charge < -0.3 is 14.8 Å². The minimum Gasteiger partial charge on any atom is -0.465 e. The summed E-state index contributed by atoms with van der Waals surface area (Å²) in [6, 6.07) is 11.9. The van der Waals surface area contributed by atoms with E-state index in [0.717, 1.165) is 0 Å². The number of carbonyl (C=O) groups excluding carboxylic acids is 3. The fraction of sp³-hybridized carbons (Fsp3) is 0.304. The minimum absolute atomic E-state index is 0.0598. The Morgan fingerprint density at radius 3 is 2.09 bits per heavy atom. The Morgan fingerprint density at radius 1 is 1.00 bits per heavy atom. The summed E-state index contributed by atoms with van der Waals surface area (Å²) in [6.45, 7) is 0.214. The van der Waals surface area contributed by atoms with E-state index in [1.54, 1.807) is 12.1 Å². The zero-order valence-corrected chi connectivity index (χ0v) is 19.4. The van der Waals surface area contributed by atoms with Crippen molar-refractivity contribution in [2.24, 2.45) is 5.92 Å². The maximum Gasteiger partial charge on any atom is 0.337 e. The van der Waals surface area contributed by atoms with Crippen molar-refractivity contribution >= 4 is 33.6 Å². The van der Waals surface area contributed by atoms with E-state index in [0.29, 0.717) is 0 Å². The van der Waals surface area contributed by atoms with Crippen LogP contribution in [-0.2, 0) is 24.3 Å². The van der Waals surface area contributed by atoms with Crippen molar-refractivity contribution in [2.45, 2.75) is 17.7 Å². The van der Waals surface area contributed by atoms with Gasteiger partial charge in [0.2, 0.25) is 15.9 Å². The lowest BCUT2D eigenvalue weighted by atomic mass is 9.97. The normalized spacial score (nSPS) is 14.6. The molecule has 1 amide bonds. The smallest absolute Gasteiger partial charge is 0.337 e. The second kappa shape index (κ2) is 10.5. The van der Waals surface area contributed by atoms with Crippen molar-refractivity contribution in [1.82, 2.24) is 4.31 Å². The van der Waals surface area contributed by atoms with E-state index in [9.17, 15) is 28.1 Å². The van der Waals surface area contributed by atoms with Crippen molar-refractivity contribution in [3.63, 3.8) is 0 Å². The van der Waals surface area contributed by atoms with Gasteiger partial charge in [-0.15, -0.1) is 0 Å². The number of amides is 1. The summed E-state index contributed by atoms with van der Waals surface area (Å²) in [6.07, 6.45) is 0.528. The quantitative estimate of drug-likeness (QED) is 0.613. The fourth-order valence-corrected chi connectivity index (χ4v) is 5.31. The summed E-state index contributed by atoms with van der Waals surface area (Å²) in [5.74, 6) is -2.22. The largest absolute Gasteiger partial charge is 0.465 e.